The summed E-state index contributed by atoms with van der Waals surface area (Å²) in [6.45, 7) is 4.41. The Kier molecular flexibility index (Phi) is 1.90. The van der Waals surface area contributed by atoms with Crippen molar-refractivity contribution >= 4 is 5.71 Å². The van der Waals surface area contributed by atoms with Gasteiger partial charge in [-0.15, -0.1) is 0 Å². The molecule has 0 radical (unpaired) electrons. The van der Waals surface area contributed by atoms with Crippen LogP contribution in [0.4, 0.5) is 0 Å². The first kappa shape index (κ1) is 7.48. The standard InChI is InChI=1S/C8H14N2/c1-3-7(10-2)8(6-9)4-5-8/h3H,1,4-6,9H2,2H3/b10-7+. The van der Waals surface area contributed by atoms with E-state index in [1.165, 1.54) is 12.8 Å². The molecular formula is C8H14N2. The fourth-order valence-corrected chi connectivity index (χ4v) is 1.26. The molecule has 0 saturated heterocycles. The minimum atomic E-state index is 0.219. The molecule has 1 aliphatic carbocycles. The average Bonchev–Trinajstić information content (AvgIpc) is 2.72. The molecule has 0 aromatic heterocycles. The molecule has 0 aliphatic heterocycles. The summed E-state index contributed by atoms with van der Waals surface area (Å²) in [7, 11) is 1.80. The second-order valence-electron chi connectivity index (χ2n) is 2.80. The van der Waals surface area contributed by atoms with Crippen LogP contribution < -0.4 is 5.73 Å². The molecule has 0 heterocycles. The molecule has 1 fully saturated rings. The van der Waals surface area contributed by atoms with Crippen LogP contribution in [0.5, 0.6) is 0 Å². The van der Waals surface area contributed by atoms with Gasteiger partial charge in [0.1, 0.15) is 0 Å². The van der Waals surface area contributed by atoms with Crippen molar-refractivity contribution in [1.29, 1.82) is 0 Å². The Morgan fingerprint density at radius 2 is 2.40 bits per heavy atom. The normalized spacial score (nSPS) is 22.4. The smallest absolute Gasteiger partial charge is 0.0413 e. The van der Waals surface area contributed by atoms with Gasteiger partial charge in [0, 0.05) is 24.7 Å². The van der Waals surface area contributed by atoms with Gasteiger partial charge in [0.25, 0.3) is 0 Å². The minimum Gasteiger partial charge on any atom is -0.330 e. The Bertz CT molecular complexity index is 166. The molecule has 56 valence electrons. The van der Waals surface area contributed by atoms with Crippen molar-refractivity contribution in [3.63, 3.8) is 0 Å². The fourth-order valence-electron chi connectivity index (χ4n) is 1.26. The molecule has 10 heavy (non-hydrogen) atoms. The van der Waals surface area contributed by atoms with Crippen LogP contribution in [0.2, 0.25) is 0 Å². The maximum absolute atomic E-state index is 5.59. The summed E-state index contributed by atoms with van der Waals surface area (Å²) >= 11 is 0. The van der Waals surface area contributed by atoms with E-state index in [1.807, 2.05) is 6.08 Å². The van der Waals surface area contributed by atoms with Gasteiger partial charge in [-0.3, -0.25) is 4.99 Å². The molecule has 2 heteroatoms. The minimum absolute atomic E-state index is 0.219. The average molecular weight is 138 g/mol. The number of nitrogens with two attached hydrogens (primary N) is 1. The molecular weight excluding hydrogens is 124 g/mol. The zero-order chi connectivity index (χ0) is 7.61. The Morgan fingerprint density at radius 3 is 2.50 bits per heavy atom. The molecule has 1 saturated carbocycles. The first-order valence-corrected chi connectivity index (χ1v) is 3.59. The number of hydrogen-bond donors (Lipinski definition) is 1. The lowest BCUT2D eigenvalue weighted by Gasteiger charge is -2.10. The quantitative estimate of drug-likeness (QED) is 0.580. The van der Waals surface area contributed by atoms with E-state index in [-0.39, 0.29) is 5.41 Å². The van der Waals surface area contributed by atoms with Crippen LogP contribution in [0.25, 0.3) is 0 Å². The molecule has 0 aromatic carbocycles. The summed E-state index contributed by atoms with van der Waals surface area (Å²) in [5.41, 5.74) is 6.89. The number of hydrogen-bond acceptors (Lipinski definition) is 2. The first-order chi connectivity index (χ1) is 4.79. The van der Waals surface area contributed by atoms with Gasteiger partial charge in [0.2, 0.25) is 0 Å². The fraction of sp³-hybridized carbons (Fsp3) is 0.625. The van der Waals surface area contributed by atoms with Crippen LogP contribution in [0.3, 0.4) is 0 Å². The highest BCUT2D eigenvalue weighted by molar-refractivity contribution is 6.01. The number of aliphatic imine (C=N–C) groups is 1. The summed E-state index contributed by atoms with van der Waals surface area (Å²) < 4.78 is 0. The van der Waals surface area contributed by atoms with Crippen molar-refractivity contribution in [2.75, 3.05) is 13.6 Å². The van der Waals surface area contributed by atoms with E-state index in [1.54, 1.807) is 7.05 Å². The second-order valence-corrected chi connectivity index (χ2v) is 2.80. The molecule has 0 bridgehead atoms. The van der Waals surface area contributed by atoms with E-state index < -0.39 is 0 Å². The van der Waals surface area contributed by atoms with Gasteiger partial charge < -0.3 is 5.73 Å². The first-order valence-electron chi connectivity index (χ1n) is 3.59. The van der Waals surface area contributed by atoms with E-state index in [0.29, 0.717) is 6.54 Å². The van der Waals surface area contributed by atoms with E-state index in [4.69, 9.17) is 5.73 Å². The summed E-state index contributed by atoms with van der Waals surface area (Å²) in [6.07, 6.45) is 4.18. The highest BCUT2D eigenvalue weighted by atomic mass is 14.8. The van der Waals surface area contributed by atoms with Crippen molar-refractivity contribution in [3.05, 3.63) is 12.7 Å². The molecule has 0 atom stereocenters. The van der Waals surface area contributed by atoms with Crippen molar-refractivity contribution < 1.29 is 0 Å². The van der Waals surface area contributed by atoms with Crippen LogP contribution in [0.1, 0.15) is 12.8 Å². The zero-order valence-corrected chi connectivity index (χ0v) is 6.43. The van der Waals surface area contributed by atoms with Crippen LogP contribution in [-0.2, 0) is 0 Å². The summed E-state index contributed by atoms with van der Waals surface area (Å²) in [4.78, 5) is 4.13. The van der Waals surface area contributed by atoms with Gasteiger partial charge in [-0.2, -0.15) is 0 Å². The lowest BCUT2D eigenvalue weighted by molar-refractivity contribution is 0.714. The third-order valence-electron chi connectivity index (χ3n) is 2.22. The predicted octanol–water partition coefficient (Wildman–Crippen LogP) is 0.982. The van der Waals surface area contributed by atoms with Crippen molar-refractivity contribution in [2.45, 2.75) is 12.8 Å². The molecule has 0 unspecified atom stereocenters. The van der Waals surface area contributed by atoms with E-state index in [0.717, 1.165) is 5.71 Å². The van der Waals surface area contributed by atoms with Gasteiger partial charge >= 0.3 is 0 Å². The predicted molar refractivity (Wildman–Crippen MR) is 44.3 cm³/mol. The van der Waals surface area contributed by atoms with Gasteiger partial charge in [0.15, 0.2) is 0 Å². The Morgan fingerprint density at radius 1 is 1.80 bits per heavy atom. The molecule has 1 rings (SSSR count). The Hall–Kier alpha value is -0.630. The van der Waals surface area contributed by atoms with Gasteiger partial charge in [-0.25, -0.2) is 0 Å². The third kappa shape index (κ3) is 0.991. The Labute approximate surface area is 61.8 Å². The molecule has 1 aliphatic rings. The van der Waals surface area contributed by atoms with E-state index in [9.17, 15) is 0 Å². The van der Waals surface area contributed by atoms with Crippen molar-refractivity contribution in [3.8, 4) is 0 Å². The second kappa shape index (κ2) is 2.54. The molecule has 0 aromatic rings. The van der Waals surface area contributed by atoms with Crippen molar-refractivity contribution in [2.24, 2.45) is 16.1 Å². The van der Waals surface area contributed by atoms with Crippen LogP contribution in [0.15, 0.2) is 17.6 Å². The maximum Gasteiger partial charge on any atom is 0.0413 e. The summed E-state index contributed by atoms with van der Waals surface area (Å²) in [5.74, 6) is 0. The van der Waals surface area contributed by atoms with E-state index in [2.05, 4.69) is 11.6 Å². The summed E-state index contributed by atoms with van der Waals surface area (Å²) in [5, 5.41) is 0. The SMILES string of the molecule is C=C/C(=N\C)C1(CN)CC1. The highest BCUT2D eigenvalue weighted by Gasteiger charge is 2.44. The van der Waals surface area contributed by atoms with E-state index >= 15 is 0 Å². The van der Waals surface area contributed by atoms with Gasteiger partial charge in [-0.05, 0) is 18.9 Å². The van der Waals surface area contributed by atoms with Crippen LogP contribution in [0, 0.1) is 5.41 Å². The van der Waals surface area contributed by atoms with Crippen molar-refractivity contribution in [1.82, 2.24) is 0 Å². The van der Waals surface area contributed by atoms with Gasteiger partial charge in [-0.1, -0.05) is 6.58 Å². The maximum atomic E-state index is 5.59. The topological polar surface area (TPSA) is 38.4 Å². The number of rotatable bonds is 3. The molecule has 0 amide bonds. The molecule has 0 spiro atoms. The summed E-state index contributed by atoms with van der Waals surface area (Å²) in [6, 6.07) is 0. The molecule has 2 N–H and O–H groups in total. The van der Waals surface area contributed by atoms with Gasteiger partial charge in [0.05, 0.1) is 0 Å². The Balaban J connectivity index is 2.70. The number of nitrogens with zero attached hydrogens (tertiary/aromatic N) is 1. The monoisotopic (exact) mass is 138 g/mol. The number of allylic oxidation sites excluding steroid dienone is 1. The van der Waals surface area contributed by atoms with Crippen LogP contribution >= 0.6 is 0 Å². The lowest BCUT2D eigenvalue weighted by Crippen LogP contribution is -2.23. The zero-order valence-electron chi connectivity index (χ0n) is 6.43. The highest BCUT2D eigenvalue weighted by Crippen LogP contribution is 2.46. The molecule has 2 nitrogen and oxygen atoms in total. The van der Waals surface area contributed by atoms with Crippen LogP contribution in [-0.4, -0.2) is 19.3 Å². The lowest BCUT2D eigenvalue weighted by atomic mass is 10.0. The third-order valence-corrected chi connectivity index (χ3v) is 2.22. The largest absolute Gasteiger partial charge is 0.330 e.